The first kappa shape index (κ1) is 7.23. The molecule has 0 aromatic rings. The zero-order chi connectivity index (χ0) is 7.56. The van der Waals surface area contributed by atoms with Gasteiger partial charge in [0.1, 0.15) is 0 Å². The largest absolute Gasteiger partial charge is 0.254 e. The fraction of sp³-hybridized carbons (Fsp3) is 0.286. The van der Waals surface area contributed by atoms with Crippen molar-refractivity contribution < 1.29 is 0 Å². The van der Waals surface area contributed by atoms with E-state index in [2.05, 4.69) is 4.99 Å². The number of hydrogen-bond acceptors (Lipinski definition) is 2. The SMILES string of the molecule is CC1=C(C)/S(=C/C#N)C=N1. The quantitative estimate of drug-likeness (QED) is 0.488. The van der Waals surface area contributed by atoms with Gasteiger partial charge in [0.2, 0.25) is 0 Å². The van der Waals surface area contributed by atoms with Crippen LogP contribution in [0.25, 0.3) is 0 Å². The van der Waals surface area contributed by atoms with Crippen LogP contribution >= 0.6 is 10.5 Å². The van der Waals surface area contributed by atoms with Crippen molar-refractivity contribution in [2.24, 2.45) is 4.99 Å². The van der Waals surface area contributed by atoms with E-state index in [1.807, 2.05) is 25.5 Å². The Kier molecular flexibility index (Phi) is 2.03. The molecular formula is C7H8N2S. The van der Waals surface area contributed by atoms with Crippen LogP contribution in [0.2, 0.25) is 0 Å². The maximum Gasteiger partial charge on any atom is 0.0980 e. The lowest BCUT2D eigenvalue weighted by Crippen LogP contribution is -1.72. The Balaban J connectivity index is 3.01. The first-order chi connectivity index (χ1) is 4.75. The molecule has 0 aliphatic carbocycles. The van der Waals surface area contributed by atoms with Crippen LogP contribution in [0.15, 0.2) is 15.6 Å². The van der Waals surface area contributed by atoms with Crippen molar-refractivity contribution in [1.82, 2.24) is 0 Å². The first-order valence-corrected chi connectivity index (χ1v) is 4.27. The summed E-state index contributed by atoms with van der Waals surface area (Å²) in [4.78, 5) is 5.31. The topological polar surface area (TPSA) is 36.1 Å². The minimum absolute atomic E-state index is 0.100. The molecule has 0 aromatic heterocycles. The van der Waals surface area contributed by atoms with E-state index in [1.165, 1.54) is 4.91 Å². The fourth-order valence-corrected chi connectivity index (χ4v) is 1.83. The standard InChI is InChI=1S/C7H8N2S/c1-6-7(2)10(4-3-8)5-9-6/h4-5H,1-2H3. The van der Waals surface area contributed by atoms with E-state index >= 15 is 0 Å². The smallest absolute Gasteiger partial charge is 0.0980 e. The average Bonchev–Trinajstić information content (AvgIpc) is 2.20. The molecule has 0 amide bonds. The zero-order valence-electron chi connectivity index (χ0n) is 5.96. The molecule has 0 aromatic carbocycles. The molecule has 0 fully saturated rings. The summed E-state index contributed by atoms with van der Waals surface area (Å²) in [5.41, 5.74) is 2.88. The second-order valence-corrected chi connectivity index (χ2v) is 3.80. The summed E-state index contributed by atoms with van der Waals surface area (Å²) < 4.78 is 0. The van der Waals surface area contributed by atoms with Crippen molar-refractivity contribution in [3.8, 4) is 6.07 Å². The van der Waals surface area contributed by atoms with Gasteiger partial charge in [-0.25, -0.2) is 0 Å². The van der Waals surface area contributed by atoms with E-state index in [1.54, 1.807) is 5.37 Å². The highest BCUT2D eigenvalue weighted by molar-refractivity contribution is 8.29. The van der Waals surface area contributed by atoms with E-state index in [0.717, 1.165) is 5.70 Å². The first-order valence-electron chi connectivity index (χ1n) is 2.92. The summed E-state index contributed by atoms with van der Waals surface area (Å²) in [6, 6.07) is 2.02. The molecule has 10 heavy (non-hydrogen) atoms. The summed E-state index contributed by atoms with van der Waals surface area (Å²) in [6.45, 7) is 3.98. The molecule has 0 saturated heterocycles. The summed E-state index contributed by atoms with van der Waals surface area (Å²) in [5.74, 6) is 0. The van der Waals surface area contributed by atoms with Crippen molar-refractivity contribution in [3.05, 3.63) is 10.6 Å². The summed E-state index contributed by atoms with van der Waals surface area (Å²) >= 11 is 0. The molecule has 0 spiro atoms. The van der Waals surface area contributed by atoms with Crippen molar-refractivity contribution in [1.29, 1.82) is 5.26 Å². The van der Waals surface area contributed by atoms with Crippen LogP contribution in [-0.4, -0.2) is 10.9 Å². The van der Waals surface area contributed by atoms with Gasteiger partial charge in [-0.2, -0.15) is 5.26 Å². The number of allylic oxidation sites excluding steroid dienone is 2. The average molecular weight is 152 g/mol. The van der Waals surface area contributed by atoms with Crippen molar-refractivity contribution in [3.63, 3.8) is 0 Å². The van der Waals surface area contributed by atoms with Gasteiger partial charge in [-0.1, -0.05) is 0 Å². The fourth-order valence-electron chi connectivity index (χ4n) is 0.652. The molecule has 0 bridgehead atoms. The van der Waals surface area contributed by atoms with Gasteiger partial charge in [-0.3, -0.25) is 4.99 Å². The van der Waals surface area contributed by atoms with Gasteiger partial charge in [0.25, 0.3) is 0 Å². The number of rotatable bonds is 0. The van der Waals surface area contributed by atoms with Gasteiger partial charge >= 0.3 is 0 Å². The van der Waals surface area contributed by atoms with Crippen molar-refractivity contribution in [2.45, 2.75) is 13.8 Å². The lowest BCUT2D eigenvalue weighted by molar-refractivity contribution is 1.30. The number of nitriles is 1. The Morgan fingerprint density at radius 2 is 2.40 bits per heavy atom. The third kappa shape index (κ3) is 1.17. The van der Waals surface area contributed by atoms with Gasteiger partial charge in [-0.15, -0.1) is 10.5 Å². The molecule has 0 saturated carbocycles. The van der Waals surface area contributed by atoms with Gasteiger partial charge in [0.05, 0.1) is 11.6 Å². The van der Waals surface area contributed by atoms with Crippen LogP contribution in [0.4, 0.5) is 0 Å². The minimum Gasteiger partial charge on any atom is -0.254 e. The van der Waals surface area contributed by atoms with Gasteiger partial charge in [0.15, 0.2) is 0 Å². The third-order valence-electron chi connectivity index (χ3n) is 1.40. The van der Waals surface area contributed by atoms with Gasteiger partial charge < -0.3 is 0 Å². The molecule has 52 valence electrons. The van der Waals surface area contributed by atoms with E-state index < -0.39 is 0 Å². The number of hydrogen-bond donors (Lipinski definition) is 0. The van der Waals surface area contributed by atoms with Crippen molar-refractivity contribution in [2.75, 3.05) is 0 Å². The molecule has 1 atom stereocenters. The van der Waals surface area contributed by atoms with Crippen LogP contribution in [0.3, 0.4) is 0 Å². The minimum atomic E-state index is -0.100. The van der Waals surface area contributed by atoms with Crippen LogP contribution in [0.5, 0.6) is 0 Å². The summed E-state index contributed by atoms with van der Waals surface area (Å²) in [7, 11) is -0.100. The highest BCUT2D eigenvalue weighted by Crippen LogP contribution is 2.30. The molecule has 0 radical (unpaired) electrons. The maximum absolute atomic E-state index is 8.35. The normalized spacial score (nSPS) is 23.9. The van der Waals surface area contributed by atoms with E-state index in [-0.39, 0.29) is 10.5 Å². The Morgan fingerprint density at radius 1 is 1.70 bits per heavy atom. The Bertz CT molecular complexity index is 278. The molecule has 2 nitrogen and oxygen atoms in total. The van der Waals surface area contributed by atoms with Crippen LogP contribution in [0, 0.1) is 11.3 Å². The third-order valence-corrected chi connectivity index (χ3v) is 3.10. The van der Waals surface area contributed by atoms with Crippen LogP contribution in [-0.2, 0) is 0 Å². The highest BCUT2D eigenvalue weighted by Gasteiger charge is 2.04. The Hall–Kier alpha value is -0.880. The molecule has 0 N–H and O–H groups in total. The second kappa shape index (κ2) is 2.80. The summed E-state index contributed by atoms with van der Waals surface area (Å²) in [6.07, 6.45) is 0. The summed E-state index contributed by atoms with van der Waals surface area (Å²) in [5, 5.41) is 9.97. The number of aliphatic imine (C=N–C) groups is 1. The Labute approximate surface area is 62.8 Å². The van der Waals surface area contributed by atoms with Crippen LogP contribution < -0.4 is 0 Å². The van der Waals surface area contributed by atoms with E-state index in [4.69, 9.17) is 5.26 Å². The lowest BCUT2D eigenvalue weighted by atomic mass is 10.5. The molecule has 1 heterocycles. The molecule has 3 heteroatoms. The van der Waals surface area contributed by atoms with Crippen LogP contribution in [0.1, 0.15) is 13.8 Å². The van der Waals surface area contributed by atoms with Gasteiger partial charge in [0, 0.05) is 16.0 Å². The molecule has 1 rings (SSSR count). The molecular weight excluding hydrogens is 144 g/mol. The molecule has 1 aliphatic heterocycles. The monoisotopic (exact) mass is 152 g/mol. The maximum atomic E-state index is 8.35. The zero-order valence-corrected chi connectivity index (χ0v) is 6.77. The van der Waals surface area contributed by atoms with Gasteiger partial charge in [-0.05, 0) is 13.8 Å². The Morgan fingerprint density at radius 3 is 2.80 bits per heavy atom. The molecule has 1 unspecified atom stereocenters. The lowest BCUT2D eigenvalue weighted by Gasteiger charge is -1.93. The highest BCUT2D eigenvalue weighted by atomic mass is 32.2. The predicted octanol–water partition coefficient (Wildman–Crippen LogP) is 1.87. The predicted molar refractivity (Wildman–Crippen MR) is 46.1 cm³/mol. The molecule has 1 aliphatic rings. The van der Waals surface area contributed by atoms with Crippen molar-refractivity contribution >= 4 is 21.4 Å². The van der Waals surface area contributed by atoms with E-state index in [0.29, 0.717) is 0 Å². The number of nitrogens with zero attached hydrogens (tertiary/aromatic N) is 2. The van der Waals surface area contributed by atoms with E-state index in [9.17, 15) is 0 Å². The second-order valence-electron chi connectivity index (χ2n) is 1.99.